The molecule has 1 aromatic carbocycles. The molecule has 0 aliphatic heterocycles. The summed E-state index contributed by atoms with van der Waals surface area (Å²) >= 11 is 0. The van der Waals surface area contributed by atoms with Crippen LogP contribution in [-0.2, 0) is 14.3 Å². The van der Waals surface area contributed by atoms with Crippen molar-refractivity contribution < 1.29 is 19.1 Å². The van der Waals surface area contributed by atoms with E-state index >= 15 is 0 Å². The van der Waals surface area contributed by atoms with Crippen molar-refractivity contribution in [3.05, 3.63) is 34.9 Å². The lowest BCUT2D eigenvalue weighted by Crippen LogP contribution is -2.54. The van der Waals surface area contributed by atoms with Crippen molar-refractivity contribution in [1.29, 1.82) is 0 Å². The molecule has 2 N–H and O–H groups in total. The first kappa shape index (κ1) is 28.7. The van der Waals surface area contributed by atoms with E-state index in [1.165, 1.54) is 11.3 Å². The Balaban J connectivity index is 2.37. The highest BCUT2D eigenvalue weighted by atomic mass is 16.6. The summed E-state index contributed by atoms with van der Waals surface area (Å²) in [5.74, 6) is -0.632. The number of benzene rings is 1. The number of carbonyl (C=O) groups is 3. The smallest absolute Gasteiger partial charge is 0.408 e. The Morgan fingerprint density at radius 3 is 2.29 bits per heavy atom. The standard InChI is InChI=1S/C28H45N3O4/c1-9-19(3)23(30-27(34)35-28(5,6)7)26(33)31(8)24(22-16-15-18(2)17-20(22)4)25(32)29-21-13-11-10-12-14-21/h15-17,19,21,23-24H,9-14H2,1-8H3,(H,29,32)(H,30,34). The maximum Gasteiger partial charge on any atom is 0.408 e. The van der Waals surface area contributed by atoms with Crippen molar-refractivity contribution in [3.63, 3.8) is 0 Å². The van der Waals surface area contributed by atoms with Gasteiger partial charge in [-0.15, -0.1) is 0 Å². The first-order valence-corrected chi connectivity index (χ1v) is 13.0. The molecule has 7 nitrogen and oxygen atoms in total. The van der Waals surface area contributed by atoms with Gasteiger partial charge in [-0.05, 0) is 64.5 Å². The Kier molecular flexibility index (Phi) is 10.2. The lowest BCUT2D eigenvalue weighted by atomic mass is 9.92. The van der Waals surface area contributed by atoms with Gasteiger partial charge in [0.2, 0.25) is 11.8 Å². The topological polar surface area (TPSA) is 87.7 Å². The van der Waals surface area contributed by atoms with E-state index in [1.54, 1.807) is 27.8 Å². The largest absolute Gasteiger partial charge is 0.444 e. The van der Waals surface area contributed by atoms with Crippen molar-refractivity contribution >= 4 is 17.9 Å². The van der Waals surface area contributed by atoms with Gasteiger partial charge >= 0.3 is 6.09 Å². The summed E-state index contributed by atoms with van der Waals surface area (Å²) in [6, 6.07) is 4.44. The second kappa shape index (κ2) is 12.4. The molecule has 0 spiro atoms. The van der Waals surface area contributed by atoms with Gasteiger partial charge in [0.25, 0.3) is 0 Å². The molecule has 0 saturated heterocycles. The third kappa shape index (κ3) is 8.25. The summed E-state index contributed by atoms with van der Waals surface area (Å²) in [6.45, 7) is 13.2. The lowest BCUT2D eigenvalue weighted by Gasteiger charge is -2.35. The fraction of sp³-hybridized carbons (Fsp3) is 0.679. The van der Waals surface area contributed by atoms with Crippen LogP contribution in [0.25, 0.3) is 0 Å². The minimum absolute atomic E-state index is 0.123. The Bertz CT molecular complexity index is 887. The number of hydrogen-bond acceptors (Lipinski definition) is 4. The molecule has 3 amide bonds. The summed E-state index contributed by atoms with van der Waals surface area (Å²) in [7, 11) is 1.65. The van der Waals surface area contributed by atoms with Crippen LogP contribution in [0.15, 0.2) is 18.2 Å². The quantitative estimate of drug-likeness (QED) is 0.528. The van der Waals surface area contributed by atoms with E-state index in [-0.39, 0.29) is 23.8 Å². The number of nitrogens with one attached hydrogen (secondary N) is 2. The molecule has 0 bridgehead atoms. The third-order valence-electron chi connectivity index (χ3n) is 6.81. The zero-order valence-corrected chi connectivity index (χ0v) is 22.9. The number of nitrogens with zero attached hydrogens (tertiary/aromatic N) is 1. The number of likely N-dealkylation sites (N-methyl/N-ethyl adjacent to an activating group) is 1. The van der Waals surface area contributed by atoms with Gasteiger partial charge in [-0.3, -0.25) is 9.59 Å². The lowest BCUT2D eigenvalue weighted by molar-refractivity contribution is -0.142. The molecular formula is C28H45N3O4. The first-order chi connectivity index (χ1) is 16.3. The first-order valence-electron chi connectivity index (χ1n) is 13.0. The summed E-state index contributed by atoms with van der Waals surface area (Å²) in [5.41, 5.74) is 2.16. The predicted molar refractivity (Wildman–Crippen MR) is 139 cm³/mol. The van der Waals surface area contributed by atoms with Crippen LogP contribution >= 0.6 is 0 Å². The molecule has 35 heavy (non-hydrogen) atoms. The molecule has 1 fully saturated rings. The molecule has 196 valence electrons. The second-order valence-corrected chi connectivity index (χ2v) is 11.1. The summed E-state index contributed by atoms with van der Waals surface area (Å²) in [6.07, 6.45) is 5.35. The fourth-order valence-electron chi connectivity index (χ4n) is 4.65. The molecule has 2 rings (SSSR count). The van der Waals surface area contributed by atoms with Crippen molar-refractivity contribution in [2.45, 2.75) is 111 Å². The molecule has 1 aliphatic carbocycles. The number of carbonyl (C=O) groups excluding carboxylic acids is 3. The molecule has 0 heterocycles. The molecule has 1 aromatic rings. The van der Waals surface area contributed by atoms with Crippen LogP contribution in [0.2, 0.25) is 0 Å². The van der Waals surface area contributed by atoms with Crippen LogP contribution in [0.5, 0.6) is 0 Å². The highest BCUT2D eigenvalue weighted by Gasteiger charge is 2.37. The molecule has 0 aromatic heterocycles. The Hall–Kier alpha value is -2.57. The molecule has 3 atom stereocenters. The van der Waals surface area contributed by atoms with Crippen LogP contribution < -0.4 is 10.6 Å². The SMILES string of the molecule is CCC(C)C(NC(=O)OC(C)(C)C)C(=O)N(C)C(C(=O)NC1CCCCC1)c1ccc(C)cc1C. The number of ether oxygens (including phenoxy) is 1. The maximum atomic E-state index is 13.8. The minimum atomic E-state index is -0.810. The van der Waals surface area contributed by atoms with Gasteiger partial charge in [0.05, 0.1) is 0 Å². The minimum Gasteiger partial charge on any atom is -0.444 e. The second-order valence-electron chi connectivity index (χ2n) is 11.1. The Labute approximate surface area is 211 Å². The Morgan fingerprint density at radius 1 is 1.11 bits per heavy atom. The van der Waals surface area contributed by atoms with E-state index < -0.39 is 23.8 Å². The van der Waals surface area contributed by atoms with Crippen LogP contribution in [0.3, 0.4) is 0 Å². The van der Waals surface area contributed by atoms with E-state index in [4.69, 9.17) is 4.74 Å². The zero-order chi connectivity index (χ0) is 26.3. The van der Waals surface area contributed by atoms with Crippen LogP contribution in [0.1, 0.15) is 95.9 Å². The van der Waals surface area contributed by atoms with Crippen LogP contribution in [0.4, 0.5) is 4.79 Å². The molecule has 1 aliphatic rings. The highest BCUT2D eigenvalue weighted by Crippen LogP contribution is 2.27. The molecule has 3 unspecified atom stereocenters. The van der Waals surface area contributed by atoms with Gasteiger partial charge in [-0.1, -0.05) is 63.3 Å². The Morgan fingerprint density at radius 2 is 1.74 bits per heavy atom. The van der Waals surface area contributed by atoms with Gasteiger partial charge in [0.1, 0.15) is 17.7 Å². The van der Waals surface area contributed by atoms with E-state index in [0.29, 0.717) is 6.42 Å². The number of amides is 3. The molecule has 1 saturated carbocycles. The average Bonchev–Trinajstić information content (AvgIpc) is 2.77. The third-order valence-corrected chi connectivity index (χ3v) is 6.81. The van der Waals surface area contributed by atoms with Crippen LogP contribution in [0, 0.1) is 19.8 Å². The van der Waals surface area contributed by atoms with E-state index in [9.17, 15) is 14.4 Å². The monoisotopic (exact) mass is 487 g/mol. The zero-order valence-electron chi connectivity index (χ0n) is 22.9. The van der Waals surface area contributed by atoms with E-state index in [0.717, 1.165) is 42.4 Å². The van der Waals surface area contributed by atoms with Crippen molar-refractivity contribution in [2.75, 3.05) is 7.05 Å². The van der Waals surface area contributed by atoms with Gasteiger partial charge < -0.3 is 20.3 Å². The van der Waals surface area contributed by atoms with Gasteiger partial charge in [-0.25, -0.2) is 4.79 Å². The number of hydrogen-bond donors (Lipinski definition) is 2. The number of aryl methyl sites for hydroxylation is 2. The van der Waals surface area contributed by atoms with Gasteiger partial charge in [-0.2, -0.15) is 0 Å². The van der Waals surface area contributed by atoms with E-state index in [1.807, 2.05) is 45.9 Å². The van der Waals surface area contributed by atoms with E-state index in [2.05, 4.69) is 10.6 Å². The van der Waals surface area contributed by atoms with Gasteiger partial charge in [0, 0.05) is 13.1 Å². The number of rotatable bonds is 8. The van der Waals surface area contributed by atoms with Crippen molar-refractivity contribution in [1.82, 2.24) is 15.5 Å². The summed E-state index contributed by atoms with van der Waals surface area (Å²) in [5, 5.41) is 5.98. The fourth-order valence-corrected chi connectivity index (χ4v) is 4.65. The van der Waals surface area contributed by atoms with Crippen LogP contribution in [-0.4, -0.2) is 47.5 Å². The van der Waals surface area contributed by atoms with Crippen molar-refractivity contribution in [2.24, 2.45) is 5.92 Å². The predicted octanol–water partition coefficient (Wildman–Crippen LogP) is 5.19. The average molecular weight is 488 g/mol. The number of alkyl carbamates (subject to hydrolysis) is 1. The van der Waals surface area contributed by atoms with Crippen molar-refractivity contribution in [3.8, 4) is 0 Å². The summed E-state index contributed by atoms with van der Waals surface area (Å²) < 4.78 is 5.42. The summed E-state index contributed by atoms with van der Waals surface area (Å²) in [4.78, 5) is 41.5. The molecular weight excluding hydrogens is 442 g/mol. The molecule has 0 radical (unpaired) electrons. The normalized spacial score (nSPS) is 17.1. The van der Waals surface area contributed by atoms with Gasteiger partial charge in [0.15, 0.2) is 0 Å². The highest BCUT2D eigenvalue weighted by molar-refractivity contribution is 5.92. The molecule has 7 heteroatoms. The maximum absolute atomic E-state index is 13.8.